The summed E-state index contributed by atoms with van der Waals surface area (Å²) in [4.78, 5) is 3.47. The number of hydrogen-bond donors (Lipinski definition) is 0. The van der Waals surface area contributed by atoms with Crippen LogP contribution in [0.5, 0.6) is 5.75 Å². The molecule has 0 saturated carbocycles. The largest absolute Gasteiger partial charge is 0.492 e. The Bertz CT molecular complexity index is 250. The average Bonchev–Trinajstić information content (AvgIpc) is 2.04. The average molecular weight is 155 g/mol. The van der Waals surface area contributed by atoms with Crippen LogP contribution in [-0.4, -0.2) is 12.1 Å². The minimum atomic E-state index is -0.535. The predicted molar refractivity (Wildman–Crippen MR) is 40.1 cm³/mol. The quantitative estimate of drug-likeness (QED) is 0.607. The van der Waals surface area contributed by atoms with E-state index in [9.17, 15) is 4.39 Å². The van der Waals surface area contributed by atoms with Gasteiger partial charge < -0.3 is 4.74 Å². The second-order valence-electron chi connectivity index (χ2n) is 2.15. The van der Waals surface area contributed by atoms with E-state index >= 15 is 0 Å². The van der Waals surface area contributed by atoms with Crippen molar-refractivity contribution in [3.63, 3.8) is 0 Å². The molecule has 1 heterocycles. The van der Waals surface area contributed by atoms with Gasteiger partial charge in [0.15, 0.2) is 5.75 Å². The highest BCUT2D eigenvalue weighted by Gasteiger charge is 2.06. The molecule has 1 aromatic heterocycles. The number of ether oxygens (including phenoxy) is 1. The van der Waals surface area contributed by atoms with E-state index in [0.717, 1.165) is 12.0 Å². The summed E-state index contributed by atoms with van der Waals surface area (Å²) in [6, 6.07) is 1.75. The van der Waals surface area contributed by atoms with E-state index in [1.165, 1.54) is 13.3 Å². The van der Waals surface area contributed by atoms with Gasteiger partial charge in [0.25, 0.3) is 5.95 Å². The first kappa shape index (κ1) is 7.98. The molecular weight excluding hydrogens is 145 g/mol. The highest BCUT2D eigenvalue weighted by molar-refractivity contribution is 5.30. The Labute approximate surface area is 65.0 Å². The molecule has 11 heavy (non-hydrogen) atoms. The number of halogens is 1. The zero-order valence-corrected chi connectivity index (χ0v) is 6.60. The molecule has 0 spiro atoms. The van der Waals surface area contributed by atoms with E-state index in [2.05, 4.69) is 4.98 Å². The van der Waals surface area contributed by atoms with E-state index < -0.39 is 5.95 Å². The number of aromatic nitrogens is 1. The van der Waals surface area contributed by atoms with Gasteiger partial charge in [0, 0.05) is 11.8 Å². The lowest BCUT2D eigenvalue weighted by atomic mass is 10.2. The van der Waals surface area contributed by atoms with Crippen LogP contribution in [0.3, 0.4) is 0 Å². The van der Waals surface area contributed by atoms with Gasteiger partial charge in [-0.3, -0.25) is 0 Å². The fraction of sp³-hybridized carbons (Fsp3) is 0.375. The monoisotopic (exact) mass is 155 g/mol. The molecule has 60 valence electrons. The summed E-state index contributed by atoms with van der Waals surface area (Å²) >= 11 is 0. The lowest BCUT2D eigenvalue weighted by Gasteiger charge is -2.04. The summed E-state index contributed by atoms with van der Waals surface area (Å²) in [7, 11) is 1.44. The summed E-state index contributed by atoms with van der Waals surface area (Å²) < 4.78 is 17.6. The van der Waals surface area contributed by atoms with Crippen LogP contribution < -0.4 is 4.74 Å². The van der Waals surface area contributed by atoms with E-state index in [0.29, 0.717) is 0 Å². The molecule has 0 amide bonds. The second kappa shape index (κ2) is 3.32. The summed E-state index contributed by atoms with van der Waals surface area (Å²) in [6.45, 7) is 1.94. The van der Waals surface area contributed by atoms with E-state index in [4.69, 9.17) is 4.74 Å². The fourth-order valence-corrected chi connectivity index (χ4v) is 0.953. The zero-order chi connectivity index (χ0) is 8.27. The molecule has 0 bridgehead atoms. The van der Waals surface area contributed by atoms with Gasteiger partial charge in [-0.2, -0.15) is 4.39 Å². The molecule has 3 heteroatoms. The number of hydrogen-bond acceptors (Lipinski definition) is 2. The zero-order valence-electron chi connectivity index (χ0n) is 6.60. The van der Waals surface area contributed by atoms with Crippen molar-refractivity contribution in [1.29, 1.82) is 0 Å². The smallest absolute Gasteiger partial charge is 0.255 e. The summed E-state index contributed by atoms with van der Waals surface area (Å²) in [5, 5.41) is 0. The Balaban J connectivity index is 3.13. The maximum Gasteiger partial charge on any atom is 0.255 e. The Morgan fingerprint density at radius 2 is 2.36 bits per heavy atom. The number of rotatable bonds is 2. The molecule has 0 saturated heterocycles. The molecule has 0 aromatic carbocycles. The van der Waals surface area contributed by atoms with E-state index in [1.807, 2.05) is 6.92 Å². The first-order valence-electron chi connectivity index (χ1n) is 3.47. The molecule has 0 aliphatic heterocycles. The van der Waals surface area contributed by atoms with Gasteiger partial charge in [0.05, 0.1) is 7.11 Å². The van der Waals surface area contributed by atoms with Crippen molar-refractivity contribution in [2.45, 2.75) is 13.3 Å². The van der Waals surface area contributed by atoms with Crippen LogP contribution in [0.4, 0.5) is 4.39 Å². The van der Waals surface area contributed by atoms with E-state index in [-0.39, 0.29) is 5.75 Å². The topological polar surface area (TPSA) is 22.1 Å². The first-order valence-corrected chi connectivity index (χ1v) is 3.47. The highest BCUT2D eigenvalue weighted by atomic mass is 19.1. The minimum Gasteiger partial charge on any atom is -0.492 e. The lowest BCUT2D eigenvalue weighted by Crippen LogP contribution is -1.95. The molecular formula is C8H10FNO. The van der Waals surface area contributed by atoms with Gasteiger partial charge in [-0.05, 0) is 12.5 Å². The van der Waals surface area contributed by atoms with Crippen LogP contribution >= 0.6 is 0 Å². The number of nitrogens with zero attached hydrogens (tertiary/aromatic N) is 1. The van der Waals surface area contributed by atoms with Crippen LogP contribution in [-0.2, 0) is 6.42 Å². The molecule has 0 N–H and O–H groups in total. The van der Waals surface area contributed by atoms with Crippen molar-refractivity contribution < 1.29 is 9.13 Å². The normalized spacial score (nSPS) is 9.73. The van der Waals surface area contributed by atoms with Crippen LogP contribution in [0, 0.1) is 5.95 Å². The molecule has 1 rings (SSSR count). The van der Waals surface area contributed by atoms with Crippen molar-refractivity contribution in [3.05, 3.63) is 23.8 Å². The van der Waals surface area contributed by atoms with Crippen LogP contribution in [0.25, 0.3) is 0 Å². The molecule has 0 aliphatic rings. The standard InChI is InChI=1S/C8H10FNO/c1-3-6-4-5-10-8(9)7(6)11-2/h4-5H,3H2,1-2H3. The van der Waals surface area contributed by atoms with Crippen LogP contribution in [0.15, 0.2) is 12.3 Å². The third-order valence-corrected chi connectivity index (χ3v) is 1.53. The van der Waals surface area contributed by atoms with Gasteiger partial charge in [0.2, 0.25) is 0 Å². The third kappa shape index (κ3) is 1.48. The predicted octanol–water partition coefficient (Wildman–Crippen LogP) is 1.79. The molecule has 0 unspecified atom stereocenters. The third-order valence-electron chi connectivity index (χ3n) is 1.53. The number of aryl methyl sites for hydroxylation is 1. The summed E-state index contributed by atoms with van der Waals surface area (Å²) in [5.74, 6) is -0.276. The second-order valence-corrected chi connectivity index (χ2v) is 2.15. The highest BCUT2D eigenvalue weighted by Crippen LogP contribution is 2.19. The summed E-state index contributed by atoms with van der Waals surface area (Å²) in [5.41, 5.74) is 0.847. The van der Waals surface area contributed by atoms with Gasteiger partial charge in [-0.15, -0.1) is 0 Å². The van der Waals surface area contributed by atoms with Gasteiger partial charge in [-0.25, -0.2) is 4.98 Å². The van der Waals surface area contributed by atoms with Gasteiger partial charge in [-0.1, -0.05) is 6.92 Å². The lowest BCUT2D eigenvalue weighted by molar-refractivity contribution is 0.373. The molecule has 0 aliphatic carbocycles. The Kier molecular flexibility index (Phi) is 2.41. The number of pyridine rings is 1. The van der Waals surface area contributed by atoms with Crippen LogP contribution in [0.1, 0.15) is 12.5 Å². The Morgan fingerprint density at radius 3 is 2.82 bits per heavy atom. The van der Waals surface area contributed by atoms with Crippen molar-refractivity contribution >= 4 is 0 Å². The molecule has 0 atom stereocenters. The molecule has 0 radical (unpaired) electrons. The van der Waals surface area contributed by atoms with Crippen molar-refractivity contribution in [1.82, 2.24) is 4.98 Å². The fourth-order valence-electron chi connectivity index (χ4n) is 0.953. The van der Waals surface area contributed by atoms with E-state index in [1.54, 1.807) is 6.07 Å². The maximum atomic E-state index is 12.8. The Morgan fingerprint density at radius 1 is 1.64 bits per heavy atom. The van der Waals surface area contributed by atoms with Gasteiger partial charge in [0.1, 0.15) is 0 Å². The molecule has 1 aromatic rings. The number of methoxy groups -OCH3 is 1. The molecule has 2 nitrogen and oxygen atoms in total. The van der Waals surface area contributed by atoms with Crippen molar-refractivity contribution in [2.24, 2.45) is 0 Å². The Hall–Kier alpha value is -1.12. The van der Waals surface area contributed by atoms with Crippen molar-refractivity contribution in [2.75, 3.05) is 7.11 Å². The first-order chi connectivity index (χ1) is 5.29. The van der Waals surface area contributed by atoms with Crippen LogP contribution in [0.2, 0.25) is 0 Å². The van der Waals surface area contributed by atoms with Crippen molar-refractivity contribution in [3.8, 4) is 5.75 Å². The van der Waals surface area contributed by atoms with Gasteiger partial charge >= 0.3 is 0 Å². The minimum absolute atomic E-state index is 0.259. The SMILES string of the molecule is CCc1ccnc(F)c1OC. The maximum absolute atomic E-state index is 12.8. The summed E-state index contributed by atoms with van der Waals surface area (Å²) in [6.07, 6.45) is 2.19. The molecule has 0 fully saturated rings.